The fraction of sp³-hybridized carbons (Fsp3) is 0.545. The van der Waals surface area contributed by atoms with E-state index < -0.39 is 15.2 Å². The van der Waals surface area contributed by atoms with Gasteiger partial charge in [0.25, 0.3) is 0 Å². The van der Waals surface area contributed by atoms with Crippen molar-refractivity contribution in [2.75, 3.05) is 5.75 Å². The number of hydrogen-bond donors (Lipinski definition) is 0. The number of halogens is 1. The normalized spacial score (nSPS) is 13.2. The van der Waals surface area contributed by atoms with Crippen LogP contribution in [-0.2, 0) is 16.3 Å². The molecule has 1 aromatic heterocycles. The van der Waals surface area contributed by atoms with Crippen LogP contribution in [-0.4, -0.2) is 19.5 Å². The predicted octanol–water partition coefficient (Wildman–Crippen LogP) is 3.00. The molecule has 3 nitrogen and oxygen atoms in total. The number of nitriles is 1. The molecule has 0 fully saturated rings. The molecule has 1 aromatic rings. The van der Waals surface area contributed by atoms with E-state index in [9.17, 15) is 8.42 Å². The van der Waals surface area contributed by atoms with Gasteiger partial charge in [-0.15, -0.1) is 22.9 Å². The zero-order chi connectivity index (χ0) is 12.9. The SMILES string of the molecule is CCCCc1ccc(S(=O)(=O)CC(Cl)C#N)s1. The smallest absolute Gasteiger partial charge is 0.190 e. The summed E-state index contributed by atoms with van der Waals surface area (Å²) in [5, 5.41) is 7.54. The number of sulfone groups is 1. The first kappa shape index (κ1) is 14.5. The summed E-state index contributed by atoms with van der Waals surface area (Å²) in [6.07, 6.45) is 3.04. The van der Waals surface area contributed by atoms with E-state index in [1.54, 1.807) is 12.1 Å². The summed E-state index contributed by atoms with van der Waals surface area (Å²) < 4.78 is 24.0. The average molecular weight is 292 g/mol. The molecule has 0 saturated carbocycles. The van der Waals surface area contributed by atoms with Crippen LogP contribution in [0, 0.1) is 11.3 Å². The fourth-order valence-electron chi connectivity index (χ4n) is 1.32. The molecular formula is C11H14ClNO2S2. The van der Waals surface area contributed by atoms with Crippen molar-refractivity contribution in [1.29, 1.82) is 5.26 Å². The zero-order valence-corrected chi connectivity index (χ0v) is 11.9. The molecule has 1 rings (SSSR count). The van der Waals surface area contributed by atoms with E-state index >= 15 is 0 Å². The largest absolute Gasteiger partial charge is 0.223 e. The highest BCUT2D eigenvalue weighted by atomic mass is 35.5. The summed E-state index contributed by atoms with van der Waals surface area (Å²) in [5.74, 6) is -0.321. The monoisotopic (exact) mass is 291 g/mol. The number of rotatable bonds is 6. The molecule has 0 spiro atoms. The molecule has 0 amide bonds. The van der Waals surface area contributed by atoms with Gasteiger partial charge >= 0.3 is 0 Å². The molecule has 1 heterocycles. The molecule has 94 valence electrons. The molecule has 1 atom stereocenters. The van der Waals surface area contributed by atoms with Crippen LogP contribution in [0.1, 0.15) is 24.6 Å². The van der Waals surface area contributed by atoms with E-state index in [1.807, 2.05) is 6.07 Å². The third-order valence-corrected chi connectivity index (χ3v) is 6.13. The second-order valence-electron chi connectivity index (χ2n) is 3.70. The number of nitrogens with zero attached hydrogens (tertiary/aromatic N) is 1. The van der Waals surface area contributed by atoms with Crippen molar-refractivity contribution in [2.45, 2.75) is 35.8 Å². The Morgan fingerprint density at radius 1 is 1.53 bits per heavy atom. The number of unbranched alkanes of at least 4 members (excludes halogenated alkanes) is 1. The maximum Gasteiger partial charge on any atom is 0.190 e. The minimum absolute atomic E-state index is 0.310. The van der Waals surface area contributed by atoms with Crippen molar-refractivity contribution < 1.29 is 8.42 Å². The van der Waals surface area contributed by atoms with Crippen molar-refractivity contribution in [1.82, 2.24) is 0 Å². The van der Waals surface area contributed by atoms with Crippen molar-refractivity contribution in [3.05, 3.63) is 17.0 Å². The van der Waals surface area contributed by atoms with Gasteiger partial charge in [0.15, 0.2) is 9.84 Å². The molecule has 0 aliphatic rings. The molecular weight excluding hydrogens is 278 g/mol. The predicted molar refractivity (Wildman–Crippen MR) is 70.2 cm³/mol. The number of aryl methyl sites for hydroxylation is 1. The molecule has 1 unspecified atom stereocenters. The molecule has 0 N–H and O–H groups in total. The summed E-state index contributed by atoms with van der Waals surface area (Å²) in [6, 6.07) is 5.16. The number of alkyl halides is 1. The summed E-state index contributed by atoms with van der Waals surface area (Å²) in [5.41, 5.74) is 0. The van der Waals surface area contributed by atoms with Gasteiger partial charge in [-0.2, -0.15) is 5.26 Å². The van der Waals surface area contributed by atoms with E-state index in [0.717, 1.165) is 24.1 Å². The van der Waals surface area contributed by atoms with Gasteiger partial charge in [-0.3, -0.25) is 0 Å². The van der Waals surface area contributed by atoms with E-state index in [0.29, 0.717) is 4.21 Å². The van der Waals surface area contributed by atoms with Crippen LogP contribution < -0.4 is 0 Å². The molecule has 0 bridgehead atoms. The molecule has 17 heavy (non-hydrogen) atoms. The van der Waals surface area contributed by atoms with Gasteiger partial charge in [-0.25, -0.2) is 8.42 Å². The topological polar surface area (TPSA) is 57.9 Å². The summed E-state index contributed by atoms with van der Waals surface area (Å²) >= 11 is 6.83. The van der Waals surface area contributed by atoms with Gasteiger partial charge in [0.1, 0.15) is 9.59 Å². The Balaban J connectivity index is 2.79. The fourth-order valence-corrected chi connectivity index (χ4v) is 4.53. The lowest BCUT2D eigenvalue weighted by atomic mass is 10.2. The summed E-state index contributed by atoms with van der Waals surface area (Å²) in [6.45, 7) is 2.09. The Labute approximate surface area is 111 Å². The molecule has 0 saturated heterocycles. The Morgan fingerprint density at radius 3 is 2.82 bits per heavy atom. The van der Waals surface area contributed by atoms with Gasteiger partial charge in [0.05, 0.1) is 11.8 Å². The lowest BCUT2D eigenvalue weighted by molar-refractivity contribution is 0.598. The zero-order valence-electron chi connectivity index (χ0n) is 9.52. The Morgan fingerprint density at radius 2 is 2.24 bits per heavy atom. The third-order valence-electron chi connectivity index (χ3n) is 2.23. The molecule has 6 heteroatoms. The van der Waals surface area contributed by atoms with Gasteiger partial charge in [0, 0.05) is 4.88 Å². The van der Waals surface area contributed by atoms with E-state index in [4.69, 9.17) is 16.9 Å². The van der Waals surface area contributed by atoms with Crippen LogP contribution in [0.25, 0.3) is 0 Å². The summed E-state index contributed by atoms with van der Waals surface area (Å²) in [4.78, 5) is 1.06. The van der Waals surface area contributed by atoms with Gasteiger partial charge < -0.3 is 0 Å². The van der Waals surface area contributed by atoms with E-state index in [1.165, 1.54) is 11.3 Å². The van der Waals surface area contributed by atoms with Crippen molar-refractivity contribution in [2.24, 2.45) is 0 Å². The van der Waals surface area contributed by atoms with Gasteiger partial charge in [-0.05, 0) is 25.0 Å². The lowest BCUT2D eigenvalue weighted by Crippen LogP contribution is -2.13. The quantitative estimate of drug-likeness (QED) is 0.757. The summed E-state index contributed by atoms with van der Waals surface area (Å²) in [7, 11) is -3.41. The van der Waals surface area contributed by atoms with Crippen LogP contribution in [0.15, 0.2) is 16.3 Å². The van der Waals surface area contributed by atoms with Crippen LogP contribution >= 0.6 is 22.9 Å². The first-order valence-electron chi connectivity index (χ1n) is 5.34. The van der Waals surface area contributed by atoms with Crippen LogP contribution in [0.2, 0.25) is 0 Å². The highest BCUT2D eigenvalue weighted by Gasteiger charge is 2.21. The second kappa shape index (κ2) is 6.39. The average Bonchev–Trinajstić information content (AvgIpc) is 2.75. The Kier molecular flexibility index (Phi) is 5.44. The lowest BCUT2D eigenvalue weighted by Gasteiger charge is -2.00. The highest BCUT2D eigenvalue weighted by Crippen LogP contribution is 2.25. The van der Waals surface area contributed by atoms with Crippen LogP contribution in [0.3, 0.4) is 0 Å². The minimum atomic E-state index is -3.41. The first-order chi connectivity index (χ1) is 7.99. The number of thiophene rings is 1. The maximum atomic E-state index is 11.9. The second-order valence-corrected chi connectivity index (χ2v) is 7.66. The van der Waals surface area contributed by atoms with Gasteiger partial charge in [-0.1, -0.05) is 13.3 Å². The van der Waals surface area contributed by atoms with Crippen molar-refractivity contribution in [3.63, 3.8) is 0 Å². The van der Waals surface area contributed by atoms with Crippen molar-refractivity contribution in [3.8, 4) is 6.07 Å². The van der Waals surface area contributed by atoms with Gasteiger partial charge in [0.2, 0.25) is 0 Å². The Hall–Kier alpha value is -0.570. The molecule has 0 radical (unpaired) electrons. The van der Waals surface area contributed by atoms with Crippen molar-refractivity contribution >= 4 is 32.8 Å². The number of hydrogen-bond acceptors (Lipinski definition) is 4. The van der Waals surface area contributed by atoms with Crippen LogP contribution in [0.4, 0.5) is 0 Å². The Bertz CT molecular complexity index is 502. The highest BCUT2D eigenvalue weighted by molar-refractivity contribution is 7.93. The molecule has 0 aliphatic heterocycles. The minimum Gasteiger partial charge on any atom is -0.223 e. The molecule has 0 aromatic carbocycles. The molecule has 0 aliphatic carbocycles. The first-order valence-corrected chi connectivity index (χ1v) is 8.25. The van der Waals surface area contributed by atoms with E-state index in [2.05, 4.69) is 6.92 Å². The maximum absolute atomic E-state index is 11.9. The van der Waals surface area contributed by atoms with Crippen LogP contribution in [0.5, 0.6) is 0 Å². The standard InChI is InChI=1S/C11H14ClNO2S2/c1-2-3-4-10-5-6-11(16-10)17(14,15)8-9(12)7-13/h5-6,9H,2-4,8H2,1H3. The van der Waals surface area contributed by atoms with E-state index in [-0.39, 0.29) is 5.75 Å². The third kappa shape index (κ3) is 4.30.